The quantitative estimate of drug-likeness (QED) is 0.333. The monoisotopic (exact) mass is 310 g/mol. The molecule has 22 heavy (non-hydrogen) atoms. The van der Waals surface area contributed by atoms with E-state index in [0.29, 0.717) is 12.5 Å². The van der Waals surface area contributed by atoms with Crippen molar-refractivity contribution in [1.29, 1.82) is 0 Å². The van der Waals surface area contributed by atoms with Crippen molar-refractivity contribution in [2.45, 2.75) is 51.9 Å². The van der Waals surface area contributed by atoms with Crippen LogP contribution in [0.25, 0.3) is 0 Å². The zero-order valence-corrected chi connectivity index (χ0v) is 13.9. The predicted molar refractivity (Wildman–Crippen MR) is 85.7 cm³/mol. The van der Waals surface area contributed by atoms with Crippen LogP contribution >= 0.6 is 0 Å². The summed E-state index contributed by atoms with van der Waals surface area (Å²) in [6.45, 7) is 5.91. The Hall–Kier alpha value is -0.870. The van der Waals surface area contributed by atoms with E-state index in [1.165, 1.54) is 24.8 Å². The maximum Gasteiger partial charge on any atom is 0.316 e. The van der Waals surface area contributed by atoms with Crippen LogP contribution in [0.4, 0.5) is 0 Å². The summed E-state index contributed by atoms with van der Waals surface area (Å²) in [6.07, 6.45) is 10.1. The maximum absolute atomic E-state index is 11.5. The average Bonchev–Trinajstić information content (AvgIpc) is 3.31. The normalized spacial score (nSPS) is 21.5. The fraction of sp³-hybridized carbons (Fsp3) is 0.833. The highest BCUT2D eigenvalue weighted by molar-refractivity contribution is 5.83. The van der Waals surface area contributed by atoms with E-state index in [9.17, 15) is 4.79 Å². The van der Waals surface area contributed by atoms with Crippen LogP contribution in [-0.4, -0.2) is 39.0 Å². The van der Waals surface area contributed by atoms with Gasteiger partial charge in [-0.05, 0) is 44.9 Å². The molecule has 0 aromatic carbocycles. The number of hydrogen-bond acceptors (Lipinski definition) is 4. The van der Waals surface area contributed by atoms with Gasteiger partial charge < -0.3 is 14.2 Å². The molecule has 0 radical (unpaired) electrons. The minimum atomic E-state index is -0.0704. The summed E-state index contributed by atoms with van der Waals surface area (Å²) in [5, 5.41) is 0. The molecule has 0 unspecified atom stereocenters. The molecule has 1 aliphatic heterocycles. The molecule has 1 saturated heterocycles. The van der Waals surface area contributed by atoms with E-state index >= 15 is 0 Å². The van der Waals surface area contributed by atoms with Crippen LogP contribution in [0.5, 0.6) is 0 Å². The lowest BCUT2D eigenvalue weighted by atomic mass is 10.0. The highest BCUT2D eigenvalue weighted by atomic mass is 16.5. The number of unbranched alkanes of at least 4 members (excludes halogenated alkanes) is 3. The van der Waals surface area contributed by atoms with Crippen molar-refractivity contribution in [3.05, 3.63) is 11.6 Å². The highest BCUT2D eigenvalue weighted by Gasteiger charge is 2.32. The zero-order chi connectivity index (χ0) is 15.6. The highest BCUT2D eigenvalue weighted by Crippen LogP contribution is 2.34. The molecule has 1 aliphatic carbocycles. The van der Waals surface area contributed by atoms with E-state index in [1.54, 1.807) is 0 Å². The van der Waals surface area contributed by atoms with Gasteiger partial charge in [-0.1, -0.05) is 24.5 Å². The maximum atomic E-state index is 11.5. The van der Waals surface area contributed by atoms with Gasteiger partial charge in [-0.25, -0.2) is 0 Å². The standard InChI is InChI=1S/C18H30O4/c1-2-22-18(19)17-13-16(17)7-5-3-4-6-10-21-14-15-8-11-20-12-9-15/h13,15,17H,2-12,14H2,1H3/t17-/m1/s1. The van der Waals surface area contributed by atoms with Crippen molar-refractivity contribution in [2.75, 3.05) is 33.0 Å². The second-order valence-corrected chi connectivity index (χ2v) is 6.27. The van der Waals surface area contributed by atoms with Crippen molar-refractivity contribution in [2.24, 2.45) is 11.8 Å². The third-order valence-electron chi connectivity index (χ3n) is 4.41. The molecule has 0 bridgehead atoms. The Morgan fingerprint density at radius 3 is 2.77 bits per heavy atom. The van der Waals surface area contributed by atoms with Crippen molar-refractivity contribution in [3.63, 3.8) is 0 Å². The molecule has 0 saturated carbocycles. The summed E-state index contributed by atoms with van der Waals surface area (Å²) < 4.78 is 16.1. The molecule has 126 valence electrons. The summed E-state index contributed by atoms with van der Waals surface area (Å²) in [5.74, 6) is 0.636. The largest absolute Gasteiger partial charge is 0.465 e. The minimum Gasteiger partial charge on any atom is -0.465 e. The summed E-state index contributed by atoms with van der Waals surface area (Å²) >= 11 is 0. The topological polar surface area (TPSA) is 44.8 Å². The van der Waals surface area contributed by atoms with Crippen molar-refractivity contribution in [3.8, 4) is 0 Å². The minimum absolute atomic E-state index is 0.00255. The third kappa shape index (κ3) is 6.49. The molecule has 4 heteroatoms. The van der Waals surface area contributed by atoms with Crippen LogP contribution in [0, 0.1) is 11.8 Å². The van der Waals surface area contributed by atoms with Gasteiger partial charge in [0.15, 0.2) is 0 Å². The molecule has 0 aromatic rings. The first-order valence-corrected chi connectivity index (χ1v) is 8.84. The van der Waals surface area contributed by atoms with Crippen LogP contribution in [0.2, 0.25) is 0 Å². The molecule has 1 fully saturated rings. The Morgan fingerprint density at radius 1 is 1.23 bits per heavy atom. The first-order valence-electron chi connectivity index (χ1n) is 8.84. The second-order valence-electron chi connectivity index (χ2n) is 6.27. The van der Waals surface area contributed by atoms with E-state index < -0.39 is 0 Å². The number of rotatable bonds is 11. The van der Waals surface area contributed by atoms with Gasteiger partial charge in [0.05, 0.1) is 12.5 Å². The summed E-state index contributed by atoms with van der Waals surface area (Å²) in [5.41, 5.74) is 1.27. The molecule has 2 rings (SSSR count). The number of carbonyl (C=O) groups excluding carboxylic acids is 1. The van der Waals surface area contributed by atoms with Crippen molar-refractivity contribution in [1.82, 2.24) is 0 Å². The molecule has 0 aromatic heterocycles. The van der Waals surface area contributed by atoms with Gasteiger partial charge in [0.1, 0.15) is 0 Å². The molecule has 1 heterocycles. The summed E-state index contributed by atoms with van der Waals surface area (Å²) in [7, 11) is 0. The Bertz CT molecular complexity index is 358. The smallest absolute Gasteiger partial charge is 0.316 e. The van der Waals surface area contributed by atoms with E-state index in [-0.39, 0.29) is 11.9 Å². The average molecular weight is 310 g/mol. The van der Waals surface area contributed by atoms with Crippen molar-refractivity contribution >= 4 is 5.97 Å². The lowest BCUT2D eigenvalue weighted by molar-refractivity contribution is -0.144. The van der Waals surface area contributed by atoms with Crippen LogP contribution in [0.3, 0.4) is 0 Å². The van der Waals surface area contributed by atoms with Gasteiger partial charge >= 0.3 is 5.97 Å². The van der Waals surface area contributed by atoms with Crippen LogP contribution in [0.15, 0.2) is 11.6 Å². The van der Waals surface area contributed by atoms with Crippen LogP contribution in [-0.2, 0) is 19.0 Å². The second kappa shape index (κ2) is 10.0. The molecule has 1 atom stereocenters. The molecule has 4 nitrogen and oxygen atoms in total. The predicted octanol–water partition coefficient (Wildman–Crippen LogP) is 3.50. The van der Waals surface area contributed by atoms with Crippen molar-refractivity contribution < 1.29 is 19.0 Å². The molecule has 0 amide bonds. The van der Waals surface area contributed by atoms with Gasteiger partial charge in [-0.2, -0.15) is 0 Å². The van der Waals surface area contributed by atoms with E-state index in [1.807, 2.05) is 13.0 Å². The van der Waals surface area contributed by atoms with Gasteiger partial charge in [0, 0.05) is 26.4 Å². The number of ether oxygens (including phenoxy) is 3. The van der Waals surface area contributed by atoms with Gasteiger partial charge in [0.25, 0.3) is 0 Å². The Kier molecular flexibility index (Phi) is 7.95. The Balaban J connectivity index is 1.35. The number of hydrogen-bond donors (Lipinski definition) is 0. The van der Waals surface area contributed by atoms with Gasteiger partial charge in [-0.3, -0.25) is 4.79 Å². The van der Waals surface area contributed by atoms with Crippen LogP contribution < -0.4 is 0 Å². The lowest BCUT2D eigenvalue weighted by Gasteiger charge is -2.21. The Labute approximate surface area is 134 Å². The first kappa shape index (κ1) is 17.5. The summed E-state index contributed by atoms with van der Waals surface area (Å²) in [4.78, 5) is 11.5. The zero-order valence-electron chi connectivity index (χ0n) is 13.9. The van der Waals surface area contributed by atoms with Crippen LogP contribution in [0.1, 0.15) is 51.9 Å². The SMILES string of the molecule is CCOC(=O)[C@@H]1C=C1CCCCCCOCC1CCOCC1. The fourth-order valence-corrected chi connectivity index (χ4v) is 2.91. The van der Waals surface area contributed by atoms with Gasteiger partial charge in [-0.15, -0.1) is 0 Å². The van der Waals surface area contributed by atoms with Gasteiger partial charge in [0.2, 0.25) is 0 Å². The number of carbonyl (C=O) groups is 1. The van der Waals surface area contributed by atoms with E-state index in [2.05, 4.69) is 0 Å². The Morgan fingerprint density at radius 2 is 2.00 bits per heavy atom. The first-order chi connectivity index (χ1) is 10.8. The molecule has 2 aliphatic rings. The lowest BCUT2D eigenvalue weighted by Crippen LogP contribution is -2.20. The molecule has 0 spiro atoms. The third-order valence-corrected chi connectivity index (χ3v) is 4.41. The van der Waals surface area contributed by atoms with E-state index in [0.717, 1.165) is 52.1 Å². The molecular weight excluding hydrogens is 280 g/mol. The summed E-state index contributed by atoms with van der Waals surface area (Å²) in [6, 6.07) is 0. The fourth-order valence-electron chi connectivity index (χ4n) is 2.91. The van der Waals surface area contributed by atoms with E-state index in [4.69, 9.17) is 14.2 Å². The molecule has 0 N–H and O–H groups in total. The number of esters is 1. The molecular formula is C18H30O4.